The highest BCUT2D eigenvalue weighted by Crippen LogP contribution is 2.25. The fourth-order valence-corrected chi connectivity index (χ4v) is 2.31. The van der Waals surface area contributed by atoms with Crippen molar-refractivity contribution in [3.63, 3.8) is 0 Å². The highest BCUT2D eigenvalue weighted by Gasteiger charge is 2.13. The largest absolute Gasteiger partial charge is 0.310 e. The molecule has 1 rings (SSSR count). The number of hydrogen-bond acceptors (Lipinski definition) is 1. The second-order valence-corrected chi connectivity index (χ2v) is 4.38. The lowest BCUT2D eigenvalue weighted by Gasteiger charge is -2.21. The zero-order valence-corrected chi connectivity index (χ0v) is 11.4. The zero-order chi connectivity index (χ0) is 12.7. The predicted octanol–water partition coefficient (Wildman–Crippen LogP) is 3.76. The summed E-state index contributed by atoms with van der Waals surface area (Å²) < 4.78 is 0. The average molecular weight is 229 g/mol. The van der Waals surface area contributed by atoms with Crippen LogP contribution in [0.15, 0.2) is 18.2 Å². The lowest BCUT2D eigenvalue weighted by Crippen LogP contribution is -2.22. The summed E-state index contributed by atoms with van der Waals surface area (Å²) in [7, 11) is 0. The standard InChI is InChI=1S/C16H23N/c1-5-7-8-12-15(17-6-2)16-13(3)10-9-11-14(16)4/h9-11,15,17H,6,8,12H2,1-4H3. The maximum absolute atomic E-state index is 3.57. The van der Waals surface area contributed by atoms with Gasteiger partial charge in [-0.05, 0) is 50.4 Å². The highest BCUT2D eigenvalue weighted by molar-refractivity contribution is 5.36. The molecule has 1 heteroatoms. The summed E-state index contributed by atoms with van der Waals surface area (Å²) in [6, 6.07) is 6.95. The molecule has 1 unspecified atom stereocenters. The van der Waals surface area contributed by atoms with Crippen LogP contribution in [-0.4, -0.2) is 6.54 Å². The van der Waals surface area contributed by atoms with E-state index in [4.69, 9.17) is 0 Å². The maximum Gasteiger partial charge on any atom is 0.0334 e. The maximum atomic E-state index is 3.57. The Morgan fingerprint density at radius 2 is 1.88 bits per heavy atom. The molecule has 1 N–H and O–H groups in total. The summed E-state index contributed by atoms with van der Waals surface area (Å²) in [5.41, 5.74) is 4.20. The Balaban J connectivity index is 2.90. The molecule has 0 bridgehead atoms. The predicted molar refractivity (Wildman–Crippen MR) is 75.0 cm³/mol. The minimum Gasteiger partial charge on any atom is -0.310 e. The number of nitrogens with one attached hydrogen (secondary N) is 1. The van der Waals surface area contributed by atoms with E-state index >= 15 is 0 Å². The van der Waals surface area contributed by atoms with Gasteiger partial charge in [0.2, 0.25) is 0 Å². The zero-order valence-electron chi connectivity index (χ0n) is 11.4. The molecule has 0 radical (unpaired) electrons. The van der Waals surface area contributed by atoms with Crippen LogP contribution < -0.4 is 5.32 Å². The van der Waals surface area contributed by atoms with Gasteiger partial charge >= 0.3 is 0 Å². The molecule has 0 aliphatic carbocycles. The summed E-state index contributed by atoms with van der Waals surface area (Å²) >= 11 is 0. The van der Waals surface area contributed by atoms with Crippen molar-refractivity contribution in [2.45, 2.75) is 46.6 Å². The van der Waals surface area contributed by atoms with Crippen molar-refractivity contribution in [2.24, 2.45) is 0 Å². The van der Waals surface area contributed by atoms with Crippen molar-refractivity contribution in [1.29, 1.82) is 0 Å². The van der Waals surface area contributed by atoms with E-state index in [1.807, 2.05) is 6.92 Å². The van der Waals surface area contributed by atoms with E-state index in [1.165, 1.54) is 16.7 Å². The van der Waals surface area contributed by atoms with E-state index < -0.39 is 0 Å². The summed E-state index contributed by atoms with van der Waals surface area (Å²) in [5.74, 6) is 6.12. The number of aryl methyl sites for hydroxylation is 2. The normalized spacial score (nSPS) is 11.8. The van der Waals surface area contributed by atoms with Crippen LogP contribution in [0.5, 0.6) is 0 Å². The lowest BCUT2D eigenvalue weighted by molar-refractivity contribution is 0.518. The van der Waals surface area contributed by atoms with E-state index in [1.54, 1.807) is 0 Å². The Morgan fingerprint density at radius 1 is 1.24 bits per heavy atom. The van der Waals surface area contributed by atoms with E-state index in [2.05, 4.69) is 56.1 Å². The van der Waals surface area contributed by atoms with Gasteiger partial charge in [0.05, 0.1) is 0 Å². The summed E-state index contributed by atoms with van der Waals surface area (Å²) in [6.07, 6.45) is 2.04. The Labute approximate surface area is 106 Å². The third kappa shape index (κ3) is 3.91. The van der Waals surface area contributed by atoms with Crippen LogP contribution in [0.2, 0.25) is 0 Å². The molecule has 1 aromatic carbocycles. The van der Waals surface area contributed by atoms with Gasteiger partial charge in [-0.25, -0.2) is 0 Å². The molecule has 1 aromatic rings. The molecule has 0 aromatic heterocycles. The van der Waals surface area contributed by atoms with Gasteiger partial charge in [0.15, 0.2) is 0 Å². The lowest BCUT2D eigenvalue weighted by atomic mass is 9.93. The van der Waals surface area contributed by atoms with Gasteiger partial charge in [0.25, 0.3) is 0 Å². The van der Waals surface area contributed by atoms with Crippen LogP contribution in [0, 0.1) is 25.7 Å². The summed E-state index contributed by atoms with van der Waals surface area (Å²) in [4.78, 5) is 0. The Bertz CT molecular complexity index is 389. The van der Waals surface area contributed by atoms with Gasteiger partial charge in [-0.3, -0.25) is 0 Å². The molecule has 0 saturated heterocycles. The van der Waals surface area contributed by atoms with E-state index in [0.29, 0.717) is 6.04 Å². The molecule has 0 aliphatic rings. The molecule has 17 heavy (non-hydrogen) atoms. The van der Waals surface area contributed by atoms with Crippen LogP contribution in [0.3, 0.4) is 0 Å². The SMILES string of the molecule is CC#CCCC(NCC)c1c(C)cccc1C. The Hall–Kier alpha value is -1.26. The molecule has 0 saturated carbocycles. The monoisotopic (exact) mass is 229 g/mol. The first-order valence-corrected chi connectivity index (χ1v) is 6.39. The Morgan fingerprint density at radius 3 is 2.41 bits per heavy atom. The fraction of sp³-hybridized carbons (Fsp3) is 0.500. The first kappa shape index (κ1) is 13.8. The van der Waals surface area contributed by atoms with Gasteiger partial charge in [0, 0.05) is 12.5 Å². The van der Waals surface area contributed by atoms with Gasteiger partial charge in [-0.15, -0.1) is 11.8 Å². The summed E-state index contributed by atoms with van der Waals surface area (Å²) in [5, 5.41) is 3.57. The number of benzene rings is 1. The molecular formula is C16H23N. The number of hydrogen-bond donors (Lipinski definition) is 1. The van der Waals surface area contributed by atoms with Gasteiger partial charge in [-0.2, -0.15) is 0 Å². The number of rotatable bonds is 5. The van der Waals surface area contributed by atoms with Crippen molar-refractivity contribution in [2.75, 3.05) is 6.54 Å². The van der Waals surface area contributed by atoms with Gasteiger partial charge in [0.1, 0.15) is 0 Å². The second kappa shape index (κ2) is 7.14. The average Bonchev–Trinajstić information content (AvgIpc) is 2.29. The quantitative estimate of drug-likeness (QED) is 0.758. The molecular weight excluding hydrogens is 206 g/mol. The van der Waals surface area contributed by atoms with Crippen LogP contribution in [-0.2, 0) is 0 Å². The van der Waals surface area contributed by atoms with Crippen LogP contribution in [0.4, 0.5) is 0 Å². The first-order chi connectivity index (χ1) is 8.20. The van der Waals surface area contributed by atoms with Crippen molar-refractivity contribution in [1.82, 2.24) is 5.32 Å². The molecule has 1 atom stereocenters. The third-order valence-corrected chi connectivity index (χ3v) is 3.08. The molecule has 0 fully saturated rings. The van der Waals surface area contributed by atoms with E-state index in [-0.39, 0.29) is 0 Å². The van der Waals surface area contributed by atoms with E-state index in [0.717, 1.165) is 19.4 Å². The minimum absolute atomic E-state index is 0.432. The van der Waals surface area contributed by atoms with Crippen molar-refractivity contribution >= 4 is 0 Å². The van der Waals surface area contributed by atoms with Crippen molar-refractivity contribution in [3.05, 3.63) is 34.9 Å². The van der Waals surface area contributed by atoms with E-state index in [9.17, 15) is 0 Å². The smallest absolute Gasteiger partial charge is 0.0334 e. The molecule has 0 amide bonds. The van der Waals surface area contributed by atoms with Gasteiger partial charge in [-0.1, -0.05) is 25.1 Å². The Kier molecular flexibility index (Phi) is 5.80. The van der Waals surface area contributed by atoms with Gasteiger partial charge < -0.3 is 5.32 Å². The van der Waals surface area contributed by atoms with Crippen LogP contribution in [0.1, 0.15) is 49.4 Å². The molecule has 0 heterocycles. The van der Waals surface area contributed by atoms with Crippen molar-refractivity contribution in [3.8, 4) is 11.8 Å². The molecule has 0 spiro atoms. The third-order valence-electron chi connectivity index (χ3n) is 3.08. The topological polar surface area (TPSA) is 12.0 Å². The molecule has 1 nitrogen and oxygen atoms in total. The summed E-state index contributed by atoms with van der Waals surface area (Å²) in [6.45, 7) is 9.45. The molecule has 92 valence electrons. The van der Waals surface area contributed by atoms with Crippen LogP contribution >= 0.6 is 0 Å². The molecule has 0 aliphatic heterocycles. The fourth-order valence-electron chi connectivity index (χ4n) is 2.31. The van der Waals surface area contributed by atoms with Crippen molar-refractivity contribution < 1.29 is 0 Å². The first-order valence-electron chi connectivity index (χ1n) is 6.39. The minimum atomic E-state index is 0.432. The second-order valence-electron chi connectivity index (χ2n) is 4.38. The highest BCUT2D eigenvalue weighted by atomic mass is 14.9. The van der Waals surface area contributed by atoms with Crippen LogP contribution in [0.25, 0.3) is 0 Å².